The average Bonchev–Trinajstić information content (AvgIpc) is 2.69. The molecule has 1 aromatic rings. The number of carboxylic acid groups (broad SMARTS) is 2. The third kappa shape index (κ3) is 6.96. The Morgan fingerprint density at radius 1 is 1.00 bits per heavy atom. The fourth-order valence-corrected chi connectivity index (χ4v) is 3.84. The Balaban J connectivity index is 0.000000409. The molecule has 2 heterocycles. The molecule has 3 rings (SSSR count). The molecule has 0 bridgehead atoms. The summed E-state index contributed by atoms with van der Waals surface area (Å²) in [6.07, 6.45) is 5.88. The minimum absolute atomic E-state index is 0.219. The number of nitrogens with zero attached hydrogens (tertiary/aromatic N) is 2. The van der Waals surface area contributed by atoms with Crippen molar-refractivity contribution in [3.8, 4) is 0 Å². The molecule has 1 aromatic carbocycles. The molecule has 2 aliphatic rings. The second-order valence-electron chi connectivity index (χ2n) is 7.56. The molecule has 28 heavy (non-hydrogen) atoms. The quantitative estimate of drug-likeness (QED) is 0.769. The first-order valence-corrected chi connectivity index (χ1v) is 9.89. The summed E-state index contributed by atoms with van der Waals surface area (Å²) in [5, 5.41) is 14.8. The standard InChI is InChI=1S/C19H28N2O.C2H2O4/c1-16-7-5-8-17(13-16)14-20-10-6-9-18(15-20)19(22)21-11-3-2-4-12-21;3-1(4)2(5)6/h5,7-8,13,18H,2-4,6,9-12,14-15H2,1H3;(H,3,4)(H,5,6). The van der Waals surface area contributed by atoms with Crippen LogP contribution in [0.1, 0.15) is 43.2 Å². The summed E-state index contributed by atoms with van der Waals surface area (Å²) in [6, 6.07) is 8.73. The van der Waals surface area contributed by atoms with Gasteiger partial charge in [-0.05, 0) is 51.1 Å². The zero-order chi connectivity index (χ0) is 20.5. The molecular formula is C21H30N2O5. The second-order valence-corrected chi connectivity index (χ2v) is 7.56. The smallest absolute Gasteiger partial charge is 0.414 e. The van der Waals surface area contributed by atoms with Crippen molar-refractivity contribution < 1.29 is 24.6 Å². The lowest BCUT2D eigenvalue weighted by Gasteiger charge is -2.36. The van der Waals surface area contributed by atoms with Crippen molar-refractivity contribution in [1.29, 1.82) is 0 Å². The predicted molar refractivity (Wildman–Crippen MR) is 105 cm³/mol. The predicted octanol–water partition coefficient (Wildman–Crippen LogP) is 2.38. The van der Waals surface area contributed by atoms with Gasteiger partial charge in [-0.25, -0.2) is 9.59 Å². The number of rotatable bonds is 3. The molecule has 0 aliphatic carbocycles. The van der Waals surface area contributed by atoms with Crippen LogP contribution in [-0.4, -0.2) is 64.0 Å². The lowest BCUT2D eigenvalue weighted by molar-refractivity contribution is -0.159. The Morgan fingerprint density at radius 2 is 1.68 bits per heavy atom. The molecule has 0 aromatic heterocycles. The van der Waals surface area contributed by atoms with E-state index in [0.29, 0.717) is 5.91 Å². The SMILES string of the molecule is Cc1cccc(CN2CCCC(C(=O)N3CCCCC3)C2)c1.O=C(O)C(=O)O. The van der Waals surface area contributed by atoms with E-state index >= 15 is 0 Å². The Kier molecular flexibility index (Phi) is 8.44. The second kappa shape index (κ2) is 10.8. The maximum absolute atomic E-state index is 12.7. The molecule has 1 amide bonds. The topological polar surface area (TPSA) is 98.2 Å². The molecule has 2 aliphatic heterocycles. The van der Waals surface area contributed by atoms with Gasteiger partial charge >= 0.3 is 11.9 Å². The van der Waals surface area contributed by atoms with Gasteiger partial charge in [-0.1, -0.05) is 29.8 Å². The Bertz CT molecular complexity index is 673. The van der Waals surface area contributed by atoms with E-state index in [9.17, 15) is 4.79 Å². The van der Waals surface area contributed by atoms with Crippen LogP contribution in [0.25, 0.3) is 0 Å². The highest BCUT2D eigenvalue weighted by Crippen LogP contribution is 2.22. The molecule has 2 fully saturated rings. The van der Waals surface area contributed by atoms with Gasteiger partial charge in [-0.3, -0.25) is 9.69 Å². The zero-order valence-corrected chi connectivity index (χ0v) is 16.5. The lowest BCUT2D eigenvalue weighted by atomic mass is 9.95. The number of amides is 1. The number of carbonyl (C=O) groups is 3. The first-order chi connectivity index (χ1) is 13.4. The Hall–Kier alpha value is -2.41. The van der Waals surface area contributed by atoms with Crippen molar-refractivity contribution >= 4 is 17.8 Å². The number of likely N-dealkylation sites (tertiary alicyclic amines) is 2. The molecular weight excluding hydrogens is 360 g/mol. The lowest BCUT2D eigenvalue weighted by Crippen LogP contribution is -2.46. The van der Waals surface area contributed by atoms with E-state index in [4.69, 9.17) is 19.8 Å². The fourth-order valence-electron chi connectivity index (χ4n) is 3.84. The molecule has 2 saturated heterocycles. The van der Waals surface area contributed by atoms with Crippen molar-refractivity contribution in [3.63, 3.8) is 0 Å². The average molecular weight is 390 g/mol. The number of hydrogen-bond donors (Lipinski definition) is 2. The third-order valence-corrected chi connectivity index (χ3v) is 5.19. The minimum atomic E-state index is -1.82. The molecule has 7 heteroatoms. The molecule has 1 unspecified atom stereocenters. The number of aryl methyl sites for hydroxylation is 1. The number of carbonyl (C=O) groups excluding carboxylic acids is 1. The van der Waals surface area contributed by atoms with Crippen LogP contribution < -0.4 is 0 Å². The van der Waals surface area contributed by atoms with Crippen LogP contribution in [0.15, 0.2) is 24.3 Å². The highest BCUT2D eigenvalue weighted by molar-refractivity contribution is 6.27. The molecule has 154 valence electrons. The van der Waals surface area contributed by atoms with Gasteiger partial charge in [0, 0.05) is 26.2 Å². The van der Waals surface area contributed by atoms with Crippen LogP contribution in [0.4, 0.5) is 0 Å². The van der Waals surface area contributed by atoms with Crippen LogP contribution in [-0.2, 0) is 20.9 Å². The maximum atomic E-state index is 12.7. The monoisotopic (exact) mass is 390 g/mol. The number of benzene rings is 1. The number of carboxylic acids is 2. The number of aliphatic carboxylic acids is 2. The van der Waals surface area contributed by atoms with Crippen molar-refractivity contribution in [2.75, 3.05) is 26.2 Å². The van der Waals surface area contributed by atoms with E-state index in [2.05, 4.69) is 41.0 Å². The van der Waals surface area contributed by atoms with Gasteiger partial charge in [0.15, 0.2) is 0 Å². The van der Waals surface area contributed by atoms with E-state index in [1.165, 1.54) is 30.4 Å². The van der Waals surface area contributed by atoms with E-state index in [1.54, 1.807) is 0 Å². The van der Waals surface area contributed by atoms with Gasteiger partial charge in [0.1, 0.15) is 0 Å². The fraction of sp³-hybridized carbons (Fsp3) is 0.571. The summed E-state index contributed by atoms with van der Waals surface area (Å²) in [5.41, 5.74) is 2.68. The van der Waals surface area contributed by atoms with Crippen LogP contribution in [0.5, 0.6) is 0 Å². The van der Waals surface area contributed by atoms with E-state index < -0.39 is 11.9 Å². The van der Waals surface area contributed by atoms with Crippen LogP contribution in [0.3, 0.4) is 0 Å². The summed E-state index contributed by atoms with van der Waals surface area (Å²) in [4.78, 5) is 35.5. The van der Waals surface area contributed by atoms with Crippen molar-refractivity contribution in [1.82, 2.24) is 9.80 Å². The number of hydrogen-bond acceptors (Lipinski definition) is 4. The first-order valence-electron chi connectivity index (χ1n) is 9.89. The Labute approximate surface area is 165 Å². The van der Waals surface area contributed by atoms with Gasteiger partial charge < -0.3 is 15.1 Å². The Morgan fingerprint density at radius 3 is 2.29 bits per heavy atom. The third-order valence-electron chi connectivity index (χ3n) is 5.19. The molecule has 1 atom stereocenters. The molecule has 2 N–H and O–H groups in total. The minimum Gasteiger partial charge on any atom is -0.473 e. The van der Waals surface area contributed by atoms with Crippen LogP contribution >= 0.6 is 0 Å². The summed E-state index contributed by atoms with van der Waals surface area (Å²) in [5.74, 6) is -3.02. The van der Waals surface area contributed by atoms with Gasteiger partial charge in [0.05, 0.1) is 5.92 Å². The van der Waals surface area contributed by atoms with Crippen LogP contribution in [0, 0.1) is 12.8 Å². The number of piperidine rings is 2. The summed E-state index contributed by atoms with van der Waals surface area (Å²) < 4.78 is 0. The van der Waals surface area contributed by atoms with E-state index in [-0.39, 0.29) is 5.92 Å². The summed E-state index contributed by atoms with van der Waals surface area (Å²) >= 11 is 0. The van der Waals surface area contributed by atoms with E-state index in [1.807, 2.05) is 0 Å². The largest absolute Gasteiger partial charge is 0.473 e. The normalized spacial score (nSPS) is 20.0. The molecule has 0 saturated carbocycles. The molecule has 0 spiro atoms. The van der Waals surface area contributed by atoms with E-state index in [0.717, 1.165) is 45.6 Å². The molecule has 0 radical (unpaired) electrons. The maximum Gasteiger partial charge on any atom is 0.414 e. The highest BCUT2D eigenvalue weighted by Gasteiger charge is 2.29. The first kappa shape index (κ1) is 21.9. The molecule has 7 nitrogen and oxygen atoms in total. The van der Waals surface area contributed by atoms with Crippen LogP contribution in [0.2, 0.25) is 0 Å². The van der Waals surface area contributed by atoms with Gasteiger partial charge in [-0.2, -0.15) is 0 Å². The van der Waals surface area contributed by atoms with Gasteiger partial charge in [0.25, 0.3) is 0 Å². The van der Waals surface area contributed by atoms with Gasteiger partial charge in [-0.15, -0.1) is 0 Å². The summed E-state index contributed by atoms with van der Waals surface area (Å²) in [6.45, 7) is 7.13. The van der Waals surface area contributed by atoms with Crippen molar-refractivity contribution in [3.05, 3.63) is 35.4 Å². The van der Waals surface area contributed by atoms with Crippen molar-refractivity contribution in [2.45, 2.75) is 45.6 Å². The summed E-state index contributed by atoms with van der Waals surface area (Å²) in [7, 11) is 0. The van der Waals surface area contributed by atoms with Gasteiger partial charge in [0.2, 0.25) is 5.91 Å². The zero-order valence-electron chi connectivity index (χ0n) is 16.5. The highest BCUT2D eigenvalue weighted by atomic mass is 16.4. The van der Waals surface area contributed by atoms with Crippen molar-refractivity contribution in [2.24, 2.45) is 5.92 Å².